The average Bonchev–Trinajstić information content (AvgIpc) is 3.36. The Kier molecular flexibility index (Phi) is 5.24. The summed E-state index contributed by atoms with van der Waals surface area (Å²) in [6.45, 7) is 10.8. The molecule has 172 valence electrons. The van der Waals surface area contributed by atoms with Gasteiger partial charge in [-0.25, -0.2) is 14.1 Å². The summed E-state index contributed by atoms with van der Waals surface area (Å²) in [7, 11) is 2.00. The zero-order valence-electron chi connectivity index (χ0n) is 20.6. The molecule has 0 N–H and O–H groups in total. The van der Waals surface area contributed by atoms with Crippen LogP contribution in [0.2, 0.25) is 0 Å². The van der Waals surface area contributed by atoms with Crippen LogP contribution in [0.5, 0.6) is 11.5 Å². The number of nitrogens with zero attached hydrogens (tertiary/aromatic N) is 5. The molecule has 0 radical (unpaired) electrons. The van der Waals surface area contributed by atoms with E-state index in [0.717, 1.165) is 45.6 Å². The summed E-state index contributed by atoms with van der Waals surface area (Å²) >= 11 is 0. The second-order valence-corrected chi connectivity index (χ2v) is 9.82. The number of fused-ring (bicyclic) bond motifs is 1. The van der Waals surface area contributed by atoms with Crippen LogP contribution in [0, 0.1) is 13.8 Å². The van der Waals surface area contributed by atoms with Crippen molar-refractivity contribution in [2.45, 2.75) is 40.0 Å². The lowest BCUT2D eigenvalue weighted by atomic mass is 9.87. The molecule has 5 rings (SSSR count). The third kappa shape index (κ3) is 4.07. The first-order chi connectivity index (χ1) is 16.2. The molecule has 6 nitrogen and oxygen atoms in total. The van der Waals surface area contributed by atoms with E-state index in [1.165, 1.54) is 5.56 Å². The van der Waals surface area contributed by atoms with Gasteiger partial charge < -0.3 is 4.74 Å². The predicted molar refractivity (Wildman–Crippen MR) is 134 cm³/mol. The highest BCUT2D eigenvalue weighted by molar-refractivity contribution is 5.66. The molecule has 0 spiro atoms. The first-order valence-corrected chi connectivity index (χ1v) is 11.5. The minimum atomic E-state index is 0.0281. The quantitative estimate of drug-likeness (QED) is 0.328. The first kappa shape index (κ1) is 21.9. The molecule has 0 unspecified atom stereocenters. The molecule has 0 saturated heterocycles. The van der Waals surface area contributed by atoms with E-state index in [9.17, 15) is 0 Å². The van der Waals surface area contributed by atoms with Gasteiger partial charge in [0.2, 0.25) is 6.33 Å². The van der Waals surface area contributed by atoms with Crippen molar-refractivity contribution in [2.75, 3.05) is 0 Å². The van der Waals surface area contributed by atoms with Gasteiger partial charge in [0, 0.05) is 30.1 Å². The standard InChI is InChI=1S/C28H30N5O/c1-19-20(2)33-26(25-14-21(10-11-29-25)28(3,4)5)16-24(17-27(33)30-19)34-23-9-7-8-22(15-23)32-13-12-31(6)18-32/h7-18H,1-6H3/q+1. The van der Waals surface area contributed by atoms with Gasteiger partial charge in [0.1, 0.15) is 35.2 Å². The number of ether oxygens (including phenoxy) is 1. The Bertz CT molecular complexity index is 1500. The van der Waals surface area contributed by atoms with Crippen molar-refractivity contribution in [1.29, 1.82) is 0 Å². The highest BCUT2D eigenvalue weighted by Gasteiger charge is 2.18. The van der Waals surface area contributed by atoms with Crippen LogP contribution in [-0.4, -0.2) is 18.9 Å². The molecule has 5 aromatic rings. The summed E-state index contributed by atoms with van der Waals surface area (Å²) < 4.78 is 12.6. The van der Waals surface area contributed by atoms with Gasteiger partial charge in [0.05, 0.1) is 24.1 Å². The molecule has 1 aromatic carbocycles. The Morgan fingerprint density at radius 3 is 2.53 bits per heavy atom. The third-order valence-electron chi connectivity index (χ3n) is 6.17. The van der Waals surface area contributed by atoms with E-state index in [2.05, 4.69) is 60.9 Å². The topological polar surface area (TPSA) is 48.2 Å². The number of imidazole rings is 2. The van der Waals surface area contributed by atoms with Gasteiger partial charge >= 0.3 is 0 Å². The predicted octanol–water partition coefficient (Wildman–Crippen LogP) is 5.72. The maximum atomic E-state index is 6.36. The molecular formula is C28H30N5O+. The van der Waals surface area contributed by atoms with Crippen molar-refractivity contribution in [1.82, 2.24) is 18.9 Å². The second kappa shape index (κ2) is 8.13. The molecule has 0 aliphatic heterocycles. The second-order valence-electron chi connectivity index (χ2n) is 9.82. The molecule has 34 heavy (non-hydrogen) atoms. The summed E-state index contributed by atoms with van der Waals surface area (Å²) in [5, 5.41) is 0. The Morgan fingerprint density at radius 1 is 0.971 bits per heavy atom. The zero-order valence-corrected chi connectivity index (χ0v) is 20.6. The van der Waals surface area contributed by atoms with Gasteiger partial charge in [0.25, 0.3) is 0 Å². The minimum absolute atomic E-state index is 0.0281. The first-order valence-electron chi connectivity index (χ1n) is 11.5. The molecule has 4 heterocycles. The monoisotopic (exact) mass is 452 g/mol. The van der Waals surface area contributed by atoms with Crippen LogP contribution in [0.15, 0.2) is 73.4 Å². The average molecular weight is 453 g/mol. The molecule has 0 fully saturated rings. The summed E-state index contributed by atoms with van der Waals surface area (Å²) in [5.41, 5.74) is 7.10. The van der Waals surface area contributed by atoms with Crippen LogP contribution in [0.4, 0.5) is 0 Å². The Labute approximate surface area is 200 Å². The van der Waals surface area contributed by atoms with Crippen molar-refractivity contribution in [2.24, 2.45) is 7.05 Å². The van der Waals surface area contributed by atoms with Gasteiger partial charge in [-0.1, -0.05) is 26.8 Å². The minimum Gasteiger partial charge on any atom is -0.457 e. The summed E-state index contributed by atoms with van der Waals surface area (Å²) in [4.78, 5) is 9.51. The van der Waals surface area contributed by atoms with E-state index in [1.807, 2.05) is 67.7 Å². The Balaban J connectivity index is 1.60. The SMILES string of the molecule is Cc1nc2cc(Oc3cccc(-n4cc[n+](C)c4)c3)cc(-c3cc(C(C)(C)C)ccn3)n2c1C. The van der Waals surface area contributed by atoms with E-state index in [1.54, 1.807) is 0 Å². The number of pyridine rings is 2. The van der Waals surface area contributed by atoms with Crippen LogP contribution in [0.25, 0.3) is 22.7 Å². The van der Waals surface area contributed by atoms with Crippen molar-refractivity contribution in [3.8, 4) is 28.6 Å². The number of rotatable bonds is 4. The van der Waals surface area contributed by atoms with Crippen LogP contribution in [0.3, 0.4) is 0 Å². The Hall–Kier alpha value is -3.93. The van der Waals surface area contributed by atoms with Crippen molar-refractivity contribution < 1.29 is 9.30 Å². The molecule has 0 saturated carbocycles. The fourth-order valence-corrected chi connectivity index (χ4v) is 4.14. The largest absolute Gasteiger partial charge is 0.457 e. The molecule has 6 heteroatoms. The van der Waals surface area contributed by atoms with E-state index in [0.29, 0.717) is 0 Å². The van der Waals surface area contributed by atoms with Crippen LogP contribution in [-0.2, 0) is 12.5 Å². The number of hydrogen-bond donors (Lipinski definition) is 0. The van der Waals surface area contributed by atoms with Crippen LogP contribution < -0.4 is 9.30 Å². The van der Waals surface area contributed by atoms with E-state index >= 15 is 0 Å². The summed E-state index contributed by atoms with van der Waals surface area (Å²) in [6.07, 6.45) is 7.94. The summed E-state index contributed by atoms with van der Waals surface area (Å²) in [5.74, 6) is 1.49. The molecule has 0 aliphatic rings. The molecule has 0 bridgehead atoms. The fourth-order valence-electron chi connectivity index (χ4n) is 4.14. The smallest absolute Gasteiger partial charge is 0.248 e. The maximum Gasteiger partial charge on any atom is 0.248 e. The maximum absolute atomic E-state index is 6.36. The Morgan fingerprint density at radius 2 is 1.79 bits per heavy atom. The van der Waals surface area contributed by atoms with Crippen molar-refractivity contribution in [3.05, 3.63) is 90.4 Å². The highest BCUT2D eigenvalue weighted by atomic mass is 16.5. The molecule has 4 aromatic heterocycles. The lowest BCUT2D eigenvalue weighted by Gasteiger charge is -2.20. The fraction of sp³-hybridized carbons (Fsp3) is 0.250. The number of benzene rings is 1. The number of hydrogen-bond acceptors (Lipinski definition) is 3. The lowest BCUT2D eigenvalue weighted by Crippen LogP contribution is -2.23. The van der Waals surface area contributed by atoms with Crippen LogP contribution in [0.1, 0.15) is 37.7 Å². The van der Waals surface area contributed by atoms with Gasteiger partial charge in [-0.15, -0.1) is 0 Å². The molecular weight excluding hydrogens is 422 g/mol. The van der Waals surface area contributed by atoms with Gasteiger partial charge in [-0.3, -0.25) is 9.38 Å². The summed E-state index contributed by atoms with van der Waals surface area (Å²) in [6, 6.07) is 16.4. The van der Waals surface area contributed by atoms with E-state index in [4.69, 9.17) is 14.7 Å². The van der Waals surface area contributed by atoms with Crippen LogP contribution >= 0.6 is 0 Å². The van der Waals surface area contributed by atoms with Crippen molar-refractivity contribution >= 4 is 5.65 Å². The zero-order chi connectivity index (χ0) is 24.0. The molecule has 0 atom stereocenters. The van der Waals surface area contributed by atoms with Gasteiger partial charge in [-0.2, -0.15) is 0 Å². The molecule has 0 amide bonds. The van der Waals surface area contributed by atoms with Gasteiger partial charge in [0.15, 0.2) is 0 Å². The normalized spacial score (nSPS) is 11.8. The lowest BCUT2D eigenvalue weighted by molar-refractivity contribution is -0.670. The van der Waals surface area contributed by atoms with E-state index < -0.39 is 0 Å². The number of aromatic nitrogens is 5. The van der Waals surface area contributed by atoms with Gasteiger partial charge in [-0.05, 0) is 49.1 Å². The third-order valence-corrected chi connectivity index (χ3v) is 6.17. The molecule has 0 aliphatic carbocycles. The highest BCUT2D eigenvalue weighted by Crippen LogP contribution is 2.32. The number of aryl methyl sites for hydroxylation is 3. The van der Waals surface area contributed by atoms with E-state index in [-0.39, 0.29) is 5.41 Å². The van der Waals surface area contributed by atoms with Crippen molar-refractivity contribution in [3.63, 3.8) is 0 Å².